The number of nitrogens with two attached hydrogens (primary N) is 1. The average Bonchev–Trinajstić information content (AvgIpc) is 2.40. The molecule has 0 spiro atoms. The topological polar surface area (TPSA) is 35.2 Å². The van der Waals surface area contributed by atoms with Crippen LogP contribution in [-0.2, 0) is 0 Å². The van der Waals surface area contributed by atoms with Gasteiger partial charge in [0.05, 0.1) is 0 Å². The van der Waals surface area contributed by atoms with E-state index in [0.717, 1.165) is 17.1 Å². The molecule has 2 rings (SSSR count). The van der Waals surface area contributed by atoms with Crippen LogP contribution in [0.25, 0.3) is 0 Å². The van der Waals surface area contributed by atoms with Gasteiger partial charge in [-0.3, -0.25) is 0 Å². The van der Waals surface area contributed by atoms with E-state index in [4.69, 9.17) is 10.5 Å². The van der Waals surface area contributed by atoms with Crippen LogP contribution in [-0.4, -0.2) is 0 Å². The van der Waals surface area contributed by atoms with Gasteiger partial charge in [-0.2, -0.15) is 0 Å². The van der Waals surface area contributed by atoms with Gasteiger partial charge in [0, 0.05) is 6.04 Å². The molecule has 2 heteroatoms. The molecule has 1 atom stereocenters. The molecular formula is C17H21NO. The van der Waals surface area contributed by atoms with Gasteiger partial charge in [-0.25, -0.2) is 0 Å². The van der Waals surface area contributed by atoms with Gasteiger partial charge in [0.2, 0.25) is 0 Å². The molecule has 2 N–H and O–H groups in total. The van der Waals surface area contributed by atoms with Crippen molar-refractivity contribution >= 4 is 0 Å². The van der Waals surface area contributed by atoms with Crippen LogP contribution in [0.4, 0.5) is 0 Å². The second-order valence-corrected chi connectivity index (χ2v) is 5.18. The summed E-state index contributed by atoms with van der Waals surface area (Å²) in [5, 5.41) is 0. The Balaban J connectivity index is 2.08. The fourth-order valence-electron chi connectivity index (χ4n) is 1.90. The van der Waals surface area contributed by atoms with E-state index in [9.17, 15) is 0 Å². The largest absolute Gasteiger partial charge is 0.457 e. The van der Waals surface area contributed by atoms with Gasteiger partial charge in [-0.15, -0.1) is 0 Å². The maximum Gasteiger partial charge on any atom is 0.127 e. The fraction of sp³-hybridized carbons (Fsp3) is 0.294. The lowest BCUT2D eigenvalue weighted by atomic mass is 10.0. The Labute approximate surface area is 115 Å². The fourth-order valence-corrected chi connectivity index (χ4v) is 1.90. The normalized spacial score (nSPS) is 12.5. The van der Waals surface area contributed by atoms with Crippen LogP contribution in [0.2, 0.25) is 0 Å². The summed E-state index contributed by atoms with van der Waals surface area (Å²) >= 11 is 0. The highest BCUT2D eigenvalue weighted by Crippen LogP contribution is 2.24. The summed E-state index contributed by atoms with van der Waals surface area (Å²) in [6.07, 6.45) is 0. The minimum atomic E-state index is 0.0550. The van der Waals surface area contributed by atoms with Crippen molar-refractivity contribution in [3.05, 3.63) is 59.7 Å². The first-order valence-electron chi connectivity index (χ1n) is 6.69. The van der Waals surface area contributed by atoms with Crippen molar-refractivity contribution in [2.24, 2.45) is 5.73 Å². The van der Waals surface area contributed by atoms with Crippen molar-refractivity contribution in [3.8, 4) is 11.5 Å². The Morgan fingerprint density at radius 3 is 1.53 bits per heavy atom. The highest BCUT2D eigenvalue weighted by atomic mass is 16.5. The Morgan fingerprint density at radius 2 is 1.16 bits per heavy atom. The molecule has 0 saturated carbocycles. The zero-order valence-electron chi connectivity index (χ0n) is 11.8. The van der Waals surface area contributed by atoms with E-state index in [-0.39, 0.29) is 6.04 Å². The third-order valence-corrected chi connectivity index (χ3v) is 3.19. The molecule has 0 aromatic heterocycles. The number of benzene rings is 2. The Bertz CT molecular complexity index is 462. The summed E-state index contributed by atoms with van der Waals surface area (Å²) < 4.78 is 5.81. The molecule has 100 valence electrons. The SMILES string of the molecule is CC(C)c1ccc(Oc2ccc([C@H](C)N)cc2)cc1. The van der Waals surface area contributed by atoms with Crippen LogP contribution in [0.5, 0.6) is 11.5 Å². The van der Waals surface area contributed by atoms with E-state index in [1.165, 1.54) is 5.56 Å². The van der Waals surface area contributed by atoms with E-state index < -0.39 is 0 Å². The van der Waals surface area contributed by atoms with Crippen molar-refractivity contribution in [1.82, 2.24) is 0 Å². The summed E-state index contributed by atoms with van der Waals surface area (Å²) in [6.45, 7) is 6.34. The Kier molecular flexibility index (Phi) is 4.23. The van der Waals surface area contributed by atoms with Crippen molar-refractivity contribution in [2.45, 2.75) is 32.7 Å². The van der Waals surface area contributed by atoms with Crippen LogP contribution in [0.3, 0.4) is 0 Å². The molecule has 0 bridgehead atoms. The first-order valence-corrected chi connectivity index (χ1v) is 6.69. The molecule has 2 nitrogen and oxygen atoms in total. The van der Waals surface area contributed by atoms with Gasteiger partial charge in [0.25, 0.3) is 0 Å². The molecule has 0 saturated heterocycles. The molecule has 2 aromatic carbocycles. The van der Waals surface area contributed by atoms with E-state index in [2.05, 4.69) is 26.0 Å². The molecule has 0 amide bonds. The third-order valence-electron chi connectivity index (χ3n) is 3.19. The molecule has 2 aromatic rings. The van der Waals surface area contributed by atoms with E-state index >= 15 is 0 Å². The highest BCUT2D eigenvalue weighted by molar-refractivity contribution is 5.35. The van der Waals surface area contributed by atoms with Crippen molar-refractivity contribution in [1.29, 1.82) is 0 Å². The average molecular weight is 255 g/mol. The predicted octanol–water partition coefficient (Wildman–Crippen LogP) is 4.62. The van der Waals surface area contributed by atoms with Gasteiger partial charge in [0.1, 0.15) is 11.5 Å². The lowest BCUT2D eigenvalue weighted by molar-refractivity contribution is 0.482. The summed E-state index contributed by atoms with van der Waals surface area (Å²) in [6, 6.07) is 16.2. The van der Waals surface area contributed by atoms with Crippen LogP contribution in [0, 0.1) is 0 Å². The second-order valence-electron chi connectivity index (χ2n) is 5.18. The first kappa shape index (κ1) is 13.6. The molecule has 0 fully saturated rings. The zero-order chi connectivity index (χ0) is 13.8. The van der Waals surface area contributed by atoms with Crippen LogP contribution >= 0.6 is 0 Å². The summed E-state index contributed by atoms with van der Waals surface area (Å²) in [7, 11) is 0. The quantitative estimate of drug-likeness (QED) is 0.865. The van der Waals surface area contributed by atoms with Crippen LogP contribution in [0.15, 0.2) is 48.5 Å². The summed E-state index contributed by atoms with van der Waals surface area (Å²) in [5.74, 6) is 2.24. The zero-order valence-corrected chi connectivity index (χ0v) is 11.8. The van der Waals surface area contributed by atoms with Crippen molar-refractivity contribution < 1.29 is 4.74 Å². The van der Waals surface area contributed by atoms with Crippen LogP contribution in [0.1, 0.15) is 43.9 Å². The third kappa shape index (κ3) is 3.58. The maximum atomic E-state index is 5.82. The van der Waals surface area contributed by atoms with E-state index in [1.54, 1.807) is 0 Å². The molecule has 0 radical (unpaired) electrons. The Morgan fingerprint density at radius 1 is 0.737 bits per heavy atom. The second kappa shape index (κ2) is 5.89. The van der Waals surface area contributed by atoms with Gasteiger partial charge < -0.3 is 10.5 Å². The standard InChI is InChI=1S/C17H21NO/c1-12(2)14-4-8-16(9-5-14)19-17-10-6-15(7-11-17)13(3)18/h4-13H,18H2,1-3H3/t13-/m0/s1. The highest BCUT2D eigenvalue weighted by Gasteiger charge is 2.02. The number of hydrogen-bond acceptors (Lipinski definition) is 2. The Hall–Kier alpha value is -1.80. The van der Waals surface area contributed by atoms with Crippen LogP contribution < -0.4 is 10.5 Å². The van der Waals surface area contributed by atoms with Gasteiger partial charge >= 0.3 is 0 Å². The summed E-state index contributed by atoms with van der Waals surface area (Å²) in [4.78, 5) is 0. The minimum absolute atomic E-state index is 0.0550. The molecule has 0 heterocycles. The first-order chi connectivity index (χ1) is 9.06. The molecule has 0 aliphatic rings. The van der Waals surface area contributed by atoms with E-state index in [0.29, 0.717) is 5.92 Å². The molecular weight excluding hydrogens is 234 g/mol. The summed E-state index contributed by atoms with van der Waals surface area (Å²) in [5.41, 5.74) is 8.25. The molecule has 0 aliphatic heterocycles. The molecule has 0 unspecified atom stereocenters. The number of hydrogen-bond donors (Lipinski definition) is 1. The van der Waals surface area contributed by atoms with Gasteiger partial charge in [0.15, 0.2) is 0 Å². The van der Waals surface area contributed by atoms with Crippen molar-refractivity contribution in [2.75, 3.05) is 0 Å². The smallest absolute Gasteiger partial charge is 0.127 e. The molecule has 0 aliphatic carbocycles. The van der Waals surface area contributed by atoms with Gasteiger partial charge in [-0.05, 0) is 48.2 Å². The van der Waals surface area contributed by atoms with Gasteiger partial charge in [-0.1, -0.05) is 38.1 Å². The minimum Gasteiger partial charge on any atom is -0.457 e. The maximum absolute atomic E-state index is 5.82. The lowest BCUT2D eigenvalue weighted by Crippen LogP contribution is -2.04. The number of ether oxygens (including phenoxy) is 1. The van der Waals surface area contributed by atoms with E-state index in [1.807, 2.05) is 43.3 Å². The molecule has 19 heavy (non-hydrogen) atoms. The lowest BCUT2D eigenvalue weighted by Gasteiger charge is -2.10. The monoisotopic (exact) mass is 255 g/mol. The number of rotatable bonds is 4. The predicted molar refractivity (Wildman–Crippen MR) is 79.6 cm³/mol. The van der Waals surface area contributed by atoms with Crippen molar-refractivity contribution in [3.63, 3.8) is 0 Å².